The molecule has 0 bridgehead atoms. The van der Waals surface area contributed by atoms with E-state index in [1.54, 1.807) is 41.4 Å². The number of para-hydroxylation sites is 2. The van der Waals surface area contributed by atoms with Crippen LogP contribution in [0.1, 0.15) is 0 Å². The topological polar surface area (TPSA) is 99.6 Å². The first-order valence-corrected chi connectivity index (χ1v) is 8.74. The minimum atomic E-state index is -0.313. The SMILES string of the molecule is C=CC(=O)Nc1ccccc1Nc1nccc(N(C)c2cc(O)cc(OC)c2)n1. The Hall–Kier alpha value is -4.07. The summed E-state index contributed by atoms with van der Waals surface area (Å²) < 4.78 is 5.21. The summed E-state index contributed by atoms with van der Waals surface area (Å²) in [5.74, 6) is 1.26. The quantitative estimate of drug-likeness (QED) is 0.526. The average Bonchev–Trinajstić information content (AvgIpc) is 2.74. The minimum Gasteiger partial charge on any atom is -0.508 e. The molecule has 0 fully saturated rings. The van der Waals surface area contributed by atoms with Gasteiger partial charge in [0.25, 0.3) is 0 Å². The molecule has 0 unspecified atom stereocenters. The van der Waals surface area contributed by atoms with Crippen LogP contribution in [0.15, 0.2) is 67.4 Å². The van der Waals surface area contributed by atoms with E-state index < -0.39 is 0 Å². The fourth-order valence-electron chi connectivity index (χ4n) is 2.61. The van der Waals surface area contributed by atoms with E-state index in [1.807, 2.05) is 19.2 Å². The summed E-state index contributed by atoms with van der Waals surface area (Å²) in [4.78, 5) is 22.2. The number of nitrogens with one attached hydrogen (secondary N) is 2. The highest BCUT2D eigenvalue weighted by molar-refractivity contribution is 6.01. The Morgan fingerprint density at radius 2 is 1.97 bits per heavy atom. The van der Waals surface area contributed by atoms with Crippen molar-refractivity contribution < 1.29 is 14.6 Å². The molecule has 0 aliphatic heterocycles. The molecule has 8 heteroatoms. The van der Waals surface area contributed by atoms with E-state index in [9.17, 15) is 9.90 Å². The first-order valence-electron chi connectivity index (χ1n) is 8.74. The Bertz CT molecular complexity index is 1040. The van der Waals surface area contributed by atoms with Gasteiger partial charge in [0.15, 0.2) is 0 Å². The Morgan fingerprint density at radius 3 is 2.69 bits per heavy atom. The van der Waals surface area contributed by atoms with Crippen molar-refractivity contribution in [2.24, 2.45) is 0 Å². The number of methoxy groups -OCH3 is 1. The van der Waals surface area contributed by atoms with Crippen LogP contribution in [0.4, 0.5) is 28.8 Å². The van der Waals surface area contributed by atoms with Gasteiger partial charge in [-0.15, -0.1) is 0 Å². The maximum absolute atomic E-state index is 11.6. The third-order valence-corrected chi connectivity index (χ3v) is 4.10. The van der Waals surface area contributed by atoms with Gasteiger partial charge in [0.05, 0.1) is 18.5 Å². The maximum Gasteiger partial charge on any atom is 0.247 e. The van der Waals surface area contributed by atoms with Gasteiger partial charge in [-0.05, 0) is 24.3 Å². The van der Waals surface area contributed by atoms with Gasteiger partial charge in [-0.1, -0.05) is 18.7 Å². The van der Waals surface area contributed by atoms with Crippen molar-refractivity contribution in [2.45, 2.75) is 0 Å². The largest absolute Gasteiger partial charge is 0.508 e. The number of carbonyl (C=O) groups excluding carboxylic acids is 1. The number of rotatable bonds is 7. The summed E-state index contributed by atoms with van der Waals surface area (Å²) in [5, 5.41) is 15.7. The summed E-state index contributed by atoms with van der Waals surface area (Å²) in [6, 6.07) is 13.9. The predicted molar refractivity (Wildman–Crippen MR) is 113 cm³/mol. The van der Waals surface area contributed by atoms with Crippen LogP contribution >= 0.6 is 0 Å². The number of ether oxygens (including phenoxy) is 1. The molecule has 148 valence electrons. The number of nitrogens with zero attached hydrogens (tertiary/aromatic N) is 3. The lowest BCUT2D eigenvalue weighted by Crippen LogP contribution is -2.13. The summed E-state index contributed by atoms with van der Waals surface area (Å²) in [5.41, 5.74) is 1.92. The zero-order valence-electron chi connectivity index (χ0n) is 16.1. The van der Waals surface area contributed by atoms with E-state index in [0.717, 1.165) is 0 Å². The molecule has 0 saturated carbocycles. The number of hydrogen-bond donors (Lipinski definition) is 3. The summed E-state index contributed by atoms with van der Waals surface area (Å²) in [6.45, 7) is 3.46. The van der Waals surface area contributed by atoms with E-state index in [-0.39, 0.29) is 11.7 Å². The molecule has 0 radical (unpaired) electrons. The zero-order chi connectivity index (χ0) is 20.8. The van der Waals surface area contributed by atoms with Crippen LogP contribution in [-0.4, -0.2) is 35.1 Å². The molecule has 3 rings (SSSR count). The first kappa shape index (κ1) is 19.7. The molecular formula is C21H21N5O3. The highest BCUT2D eigenvalue weighted by Gasteiger charge is 2.11. The van der Waals surface area contributed by atoms with E-state index >= 15 is 0 Å². The van der Waals surface area contributed by atoms with Gasteiger partial charge in [-0.25, -0.2) is 4.98 Å². The van der Waals surface area contributed by atoms with Gasteiger partial charge < -0.3 is 25.4 Å². The van der Waals surface area contributed by atoms with Crippen LogP contribution in [0.25, 0.3) is 0 Å². The fraction of sp³-hybridized carbons (Fsp3) is 0.0952. The molecule has 0 aliphatic rings. The standard InChI is InChI=1S/C21H21N5O3/c1-4-20(28)23-17-7-5-6-8-18(17)24-21-22-10-9-19(25-21)26(2)14-11-15(27)13-16(12-14)29-3/h4-13,27H,1H2,2-3H3,(H,23,28)(H,22,24,25). The monoisotopic (exact) mass is 391 g/mol. The summed E-state index contributed by atoms with van der Waals surface area (Å²) in [6.07, 6.45) is 2.82. The molecule has 29 heavy (non-hydrogen) atoms. The number of benzene rings is 2. The number of amides is 1. The first-order chi connectivity index (χ1) is 14.0. The minimum absolute atomic E-state index is 0.0884. The van der Waals surface area contributed by atoms with Crippen molar-refractivity contribution in [1.29, 1.82) is 0 Å². The molecule has 3 aromatic rings. The van der Waals surface area contributed by atoms with Gasteiger partial charge >= 0.3 is 0 Å². The Labute approximate surface area is 168 Å². The van der Waals surface area contributed by atoms with E-state index in [0.29, 0.717) is 34.6 Å². The average molecular weight is 391 g/mol. The Balaban J connectivity index is 1.86. The molecule has 0 saturated heterocycles. The fourth-order valence-corrected chi connectivity index (χ4v) is 2.61. The van der Waals surface area contributed by atoms with E-state index in [2.05, 4.69) is 27.2 Å². The number of aromatic hydroxyl groups is 1. The predicted octanol–water partition coefficient (Wildman–Crippen LogP) is 3.83. The molecule has 0 spiro atoms. The third kappa shape index (κ3) is 4.81. The lowest BCUT2D eigenvalue weighted by molar-refractivity contribution is -0.111. The molecule has 1 heterocycles. The second kappa shape index (κ2) is 8.75. The Morgan fingerprint density at radius 1 is 1.21 bits per heavy atom. The van der Waals surface area contributed by atoms with Crippen LogP contribution in [0.3, 0.4) is 0 Å². The lowest BCUT2D eigenvalue weighted by Gasteiger charge is -2.20. The lowest BCUT2D eigenvalue weighted by atomic mass is 10.2. The van der Waals surface area contributed by atoms with E-state index in [4.69, 9.17) is 4.74 Å². The van der Waals surface area contributed by atoms with Crippen LogP contribution in [0.2, 0.25) is 0 Å². The number of anilines is 5. The van der Waals surface area contributed by atoms with Crippen molar-refractivity contribution >= 4 is 34.7 Å². The van der Waals surface area contributed by atoms with Crippen LogP contribution in [0.5, 0.6) is 11.5 Å². The number of hydrogen-bond acceptors (Lipinski definition) is 7. The normalized spacial score (nSPS) is 10.1. The van der Waals surface area contributed by atoms with Gasteiger partial charge in [0.2, 0.25) is 11.9 Å². The van der Waals surface area contributed by atoms with Gasteiger partial charge in [-0.2, -0.15) is 4.98 Å². The molecule has 0 atom stereocenters. The molecular weight excluding hydrogens is 370 g/mol. The van der Waals surface area contributed by atoms with Crippen LogP contribution in [0, 0.1) is 0 Å². The summed E-state index contributed by atoms with van der Waals surface area (Å²) >= 11 is 0. The molecule has 3 N–H and O–H groups in total. The van der Waals surface area contributed by atoms with Gasteiger partial charge in [-0.3, -0.25) is 4.79 Å². The molecule has 2 aromatic carbocycles. The maximum atomic E-state index is 11.6. The van der Waals surface area contributed by atoms with Gasteiger partial charge in [0.1, 0.15) is 17.3 Å². The summed E-state index contributed by atoms with van der Waals surface area (Å²) in [7, 11) is 3.35. The number of carbonyl (C=O) groups is 1. The van der Waals surface area contributed by atoms with Crippen molar-refractivity contribution in [3.05, 3.63) is 67.4 Å². The third-order valence-electron chi connectivity index (χ3n) is 4.10. The molecule has 8 nitrogen and oxygen atoms in total. The van der Waals surface area contributed by atoms with Crippen LogP contribution < -0.4 is 20.3 Å². The van der Waals surface area contributed by atoms with Crippen LogP contribution in [-0.2, 0) is 4.79 Å². The molecule has 0 aliphatic carbocycles. The number of phenols is 1. The molecule has 1 amide bonds. The zero-order valence-corrected chi connectivity index (χ0v) is 16.1. The second-order valence-electron chi connectivity index (χ2n) is 6.05. The van der Waals surface area contributed by atoms with Gasteiger partial charge in [0, 0.05) is 37.1 Å². The smallest absolute Gasteiger partial charge is 0.247 e. The van der Waals surface area contributed by atoms with Crippen molar-refractivity contribution in [3.63, 3.8) is 0 Å². The van der Waals surface area contributed by atoms with Crippen molar-refractivity contribution in [2.75, 3.05) is 29.7 Å². The Kier molecular flexibility index (Phi) is 5.94. The number of aromatic nitrogens is 2. The molecule has 1 aromatic heterocycles. The number of phenolic OH excluding ortho intramolecular Hbond substituents is 1. The highest BCUT2D eigenvalue weighted by Crippen LogP contribution is 2.31. The van der Waals surface area contributed by atoms with Crippen molar-refractivity contribution in [3.8, 4) is 11.5 Å². The highest BCUT2D eigenvalue weighted by atomic mass is 16.5. The second-order valence-corrected chi connectivity index (χ2v) is 6.05. The van der Waals surface area contributed by atoms with E-state index in [1.165, 1.54) is 19.3 Å². The van der Waals surface area contributed by atoms with Crippen molar-refractivity contribution in [1.82, 2.24) is 9.97 Å².